The van der Waals surface area contributed by atoms with Crippen LogP contribution in [0.1, 0.15) is 17.3 Å². The van der Waals surface area contributed by atoms with Gasteiger partial charge in [0, 0.05) is 17.8 Å². The fourth-order valence-electron chi connectivity index (χ4n) is 1.68. The van der Waals surface area contributed by atoms with E-state index in [-0.39, 0.29) is 18.3 Å². The molecule has 1 aliphatic heterocycles. The highest BCUT2D eigenvalue weighted by molar-refractivity contribution is 5.98. The molecule has 2 rings (SSSR count). The summed E-state index contributed by atoms with van der Waals surface area (Å²) >= 11 is 0. The van der Waals surface area contributed by atoms with Gasteiger partial charge in [-0.1, -0.05) is 12.1 Å². The molecular weight excluding hydrogens is 206 g/mol. The molecule has 1 aliphatic rings. The third-order valence-electron chi connectivity index (χ3n) is 2.55. The molecule has 1 amide bonds. The molecule has 0 bridgehead atoms. The van der Waals surface area contributed by atoms with Crippen molar-refractivity contribution in [1.29, 1.82) is 0 Å². The molecule has 0 N–H and O–H groups in total. The van der Waals surface area contributed by atoms with Crippen LogP contribution < -0.4 is 4.90 Å². The first-order valence-corrected chi connectivity index (χ1v) is 5.17. The lowest BCUT2D eigenvalue weighted by Gasteiger charge is -2.27. The van der Waals surface area contributed by atoms with E-state index in [9.17, 15) is 9.59 Å². The molecule has 1 aromatic carbocycles. The fourth-order valence-corrected chi connectivity index (χ4v) is 1.68. The zero-order valence-electron chi connectivity index (χ0n) is 9.10. The molecule has 0 aliphatic carbocycles. The number of morpholine rings is 1. The maximum atomic E-state index is 11.6. The lowest BCUT2D eigenvalue weighted by Crippen LogP contribution is -2.41. The number of amides is 1. The number of Topliss-reactive ketones (excluding diaryl/α,β-unsaturated/α-hetero) is 1. The first-order valence-electron chi connectivity index (χ1n) is 5.17. The summed E-state index contributed by atoms with van der Waals surface area (Å²) < 4.78 is 5.05. The molecule has 4 heteroatoms. The van der Waals surface area contributed by atoms with Crippen LogP contribution in [0.25, 0.3) is 0 Å². The fraction of sp³-hybridized carbons (Fsp3) is 0.333. The van der Waals surface area contributed by atoms with Gasteiger partial charge in [0.15, 0.2) is 5.78 Å². The van der Waals surface area contributed by atoms with Crippen molar-refractivity contribution in [3.63, 3.8) is 0 Å². The van der Waals surface area contributed by atoms with Crippen molar-refractivity contribution < 1.29 is 14.3 Å². The molecule has 4 nitrogen and oxygen atoms in total. The summed E-state index contributed by atoms with van der Waals surface area (Å²) in [7, 11) is 0. The Labute approximate surface area is 93.8 Å². The Bertz CT molecular complexity index is 428. The number of nitrogens with zero attached hydrogens (tertiary/aromatic N) is 1. The van der Waals surface area contributed by atoms with Crippen molar-refractivity contribution in [2.75, 3.05) is 24.7 Å². The molecule has 1 saturated heterocycles. The molecule has 0 saturated carbocycles. The van der Waals surface area contributed by atoms with Crippen LogP contribution in [-0.2, 0) is 9.53 Å². The highest BCUT2D eigenvalue weighted by atomic mass is 16.5. The topological polar surface area (TPSA) is 46.6 Å². The van der Waals surface area contributed by atoms with Gasteiger partial charge in [0.05, 0.1) is 6.61 Å². The van der Waals surface area contributed by atoms with Crippen LogP contribution in [0.5, 0.6) is 0 Å². The number of hydrogen-bond acceptors (Lipinski definition) is 3. The van der Waals surface area contributed by atoms with Gasteiger partial charge in [-0.05, 0) is 19.1 Å². The van der Waals surface area contributed by atoms with Gasteiger partial charge in [0.2, 0.25) is 0 Å². The highest BCUT2D eigenvalue weighted by Gasteiger charge is 2.20. The number of benzene rings is 1. The third kappa shape index (κ3) is 2.12. The Morgan fingerprint density at radius 2 is 2.25 bits per heavy atom. The Morgan fingerprint density at radius 1 is 1.44 bits per heavy atom. The van der Waals surface area contributed by atoms with Crippen molar-refractivity contribution >= 4 is 17.4 Å². The van der Waals surface area contributed by atoms with Gasteiger partial charge in [-0.15, -0.1) is 0 Å². The standard InChI is InChI=1S/C12H13NO3/c1-9(14)10-3-2-4-11(7-10)13-5-6-16-8-12(13)15/h2-4,7H,5-6,8H2,1H3. The monoisotopic (exact) mass is 219 g/mol. The second-order valence-corrected chi connectivity index (χ2v) is 3.70. The minimum absolute atomic E-state index is 0.00237. The quantitative estimate of drug-likeness (QED) is 0.703. The predicted octanol–water partition coefficient (Wildman–Crippen LogP) is 1.25. The molecule has 1 aromatic rings. The Morgan fingerprint density at radius 3 is 2.94 bits per heavy atom. The molecule has 0 unspecified atom stereocenters. The summed E-state index contributed by atoms with van der Waals surface area (Å²) in [6.07, 6.45) is 0. The van der Waals surface area contributed by atoms with E-state index in [4.69, 9.17) is 4.74 Å². The summed E-state index contributed by atoms with van der Waals surface area (Å²) in [5, 5.41) is 0. The van der Waals surface area contributed by atoms with Gasteiger partial charge in [0.1, 0.15) is 6.61 Å². The number of hydrogen-bond donors (Lipinski definition) is 0. The molecule has 0 atom stereocenters. The molecule has 16 heavy (non-hydrogen) atoms. The van der Waals surface area contributed by atoms with E-state index in [1.54, 1.807) is 23.1 Å². The van der Waals surface area contributed by atoms with Crippen molar-refractivity contribution in [2.24, 2.45) is 0 Å². The molecule has 84 valence electrons. The molecule has 0 radical (unpaired) electrons. The summed E-state index contributed by atoms with van der Waals surface area (Å²) in [5.74, 6) is -0.0606. The van der Waals surface area contributed by atoms with E-state index >= 15 is 0 Å². The van der Waals surface area contributed by atoms with E-state index in [2.05, 4.69) is 0 Å². The Hall–Kier alpha value is -1.68. The maximum Gasteiger partial charge on any atom is 0.253 e. The van der Waals surface area contributed by atoms with Gasteiger partial charge in [0.25, 0.3) is 5.91 Å². The van der Waals surface area contributed by atoms with Crippen molar-refractivity contribution in [3.8, 4) is 0 Å². The van der Waals surface area contributed by atoms with Crippen LogP contribution >= 0.6 is 0 Å². The first-order chi connectivity index (χ1) is 7.68. The van der Waals surface area contributed by atoms with Crippen LogP contribution in [-0.4, -0.2) is 31.4 Å². The van der Waals surface area contributed by atoms with E-state index in [0.717, 1.165) is 5.69 Å². The van der Waals surface area contributed by atoms with Gasteiger partial charge >= 0.3 is 0 Å². The average molecular weight is 219 g/mol. The van der Waals surface area contributed by atoms with Crippen molar-refractivity contribution in [2.45, 2.75) is 6.92 Å². The van der Waals surface area contributed by atoms with Gasteiger partial charge in [-0.2, -0.15) is 0 Å². The predicted molar refractivity (Wildman–Crippen MR) is 59.6 cm³/mol. The molecule has 0 spiro atoms. The van der Waals surface area contributed by atoms with E-state index in [0.29, 0.717) is 18.7 Å². The van der Waals surface area contributed by atoms with Crippen LogP contribution in [0, 0.1) is 0 Å². The largest absolute Gasteiger partial charge is 0.370 e. The average Bonchev–Trinajstić information content (AvgIpc) is 2.30. The Balaban J connectivity index is 2.28. The highest BCUT2D eigenvalue weighted by Crippen LogP contribution is 2.18. The van der Waals surface area contributed by atoms with Gasteiger partial charge < -0.3 is 9.64 Å². The number of ketones is 1. The number of carbonyl (C=O) groups is 2. The Kier molecular flexibility index (Phi) is 3.01. The van der Waals surface area contributed by atoms with Crippen LogP contribution in [0.2, 0.25) is 0 Å². The van der Waals surface area contributed by atoms with Crippen molar-refractivity contribution in [3.05, 3.63) is 29.8 Å². The summed E-state index contributed by atoms with van der Waals surface area (Å²) in [6.45, 7) is 2.71. The lowest BCUT2D eigenvalue weighted by atomic mass is 10.1. The van der Waals surface area contributed by atoms with Gasteiger partial charge in [-0.25, -0.2) is 0 Å². The van der Waals surface area contributed by atoms with E-state index in [1.165, 1.54) is 6.92 Å². The SMILES string of the molecule is CC(=O)c1cccc(N2CCOCC2=O)c1. The molecular formula is C12H13NO3. The van der Waals surface area contributed by atoms with Crippen LogP contribution in [0.4, 0.5) is 5.69 Å². The summed E-state index contributed by atoms with van der Waals surface area (Å²) in [4.78, 5) is 24.5. The zero-order chi connectivity index (χ0) is 11.5. The van der Waals surface area contributed by atoms with Crippen LogP contribution in [0.15, 0.2) is 24.3 Å². The number of anilines is 1. The third-order valence-corrected chi connectivity index (χ3v) is 2.55. The second-order valence-electron chi connectivity index (χ2n) is 3.70. The second kappa shape index (κ2) is 4.45. The first kappa shape index (κ1) is 10.8. The maximum absolute atomic E-state index is 11.6. The van der Waals surface area contributed by atoms with E-state index in [1.807, 2.05) is 6.07 Å². The minimum atomic E-state index is -0.0630. The number of carbonyl (C=O) groups excluding carboxylic acids is 2. The number of rotatable bonds is 2. The van der Waals surface area contributed by atoms with E-state index < -0.39 is 0 Å². The summed E-state index contributed by atoms with van der Waals surface area (Å²) in [6, 6.07) is 7.10. The molecule has 1 fully saturated rings. The molecule has 1 heterocycles. The smallest absolute Gasteiger partial charge is 0.253 e. The van der Waals surface area contributed by atoms with Crippen molar-refractivity contribution in [1.82, 2.24) is 0 Å². The number of ether oxygens (including phenoxy) is 1. The van der Waals surface area contributed by atoms with Crippen LogP contribution in [0.3, 0.4) is 0 Å². The summed E-state index contributed by atoms with van der Waals surface area (Å²) in [5.41, 5.74) is 1.39. The zero-order valence-corrected chi connectivity index (χ0v) is 9.10. The minimum Gasteiger partial charge on any atom is -0.370 e. The van der Waals surface area contributed by atoms with Gasteiger partial charge in [-0.3, -0.25) is 9.59 Å². The normalized spacial score (nSPS) is 16.3. The molecule has 0 aromatic heterocycles. The lowest BCUT2D eigenvalue weighted by molar-refractivity contribution is -0.125.